The first-order valence-corrected chi connectivity index (χ1v) is 9.33. The van der Waals surface area contributed by atoms with Gasteiger partial charge in [-0.1, -0.05) is 23.7 Å². The molecule has 1 N–H and O–H groups in total. The number of nitrogens with zero attached hydrogens (tertiary/aromatic N) is 1. The molecule has 0 saturated carbocycles. The second-order valence-corrected chi connectivity index (χ2v) is 7.47. The SMILES string of the molecule is Cc1cc(NC(=O)c2ccc(CN3C[C@@H](C)O[C@H](C)C3)cc2)ccc1Cl. The second kappa shape index (κ2) is 8.21. The van der Waals surface area contributed by atoms with Crippen LogP contribution in [0.25, 0.3) is 0 Å². The smallest absolute Gasteiger partial charge is 0.255 e. The molecule has 26 heavy (non-hydrogen) atoms. The van der Waals surface area contributed by atoms with E-state index in [0.29, 0.717) is 10.6 Å². The molecule has 1 fully saturated rings. The molecule has 0 radical (unpaired) electrons. The van der Waals surface area contributed by atoms with Crippen LogP contribution in [0.4, 0.5) is 5.69 Å². The number of aryl methyl sites for hydroxylation is 1. The number of hydrogen-bond donors (Lipinski definition) is 1. The van der Waals surface area contributed by atoms with E-state index < -0.39 is 0 Å². The Balaban J connectivity index is 1.61. The van der Waals surface area contributed by atoms with E-state index in [0.717, 1.165) is 30.9 Å². The number of rotatable bonds is 4. The Morgan fingerprint density at radius 3 is 2.42 bits per heavy atom. The number of carbonyl (C=O) groups is 1. The van der Waals surface area contributed by atoms with E-state index in [9.17, 15) is 4.79 Å². The van der Waals surface area contributed by atoms with Crippen LogP contribution in [0.1, 0.15) is 35.3 Å². The van der Waals surface area contributed by atoms with Gasteiger partial charge in [0.05, 0.1) is 12.2 Å². The van der Waals surface area contributed by atoms with Crippen LogP contribution in [0.3, 0.4) is 0 Å². The largest absolute Gasteiger partial charge is 0.373 e. The molecule has 2 aromatic rings. The molecule has 0 aromatic heterocycles. The van der Waals surface area contributed by atoms with Crippen molar-refractivity contribution in [1.82, 2.24) is 4.90 Å². The Morgan fingerprint density at radius 2 is 1.81 bits per heavy atom. The van der Waals surface area contributed by atoms with Gasteiger partial charge in [0.1, 0.15) is 0 Å². The van der Waals surface area contributed by atoms with Gasteiger partial charge in [-0.3, -0.25) is 9.69 Å². The average Bonchev–Trinajstić information content (AvgIpc) is 2.58. The van der Waals surface area contributed by atoms with Gasteiger partial charge in [-0.15, -0.1) is 0 Å². The van der Waals surface area contributed by atoms with Crippen LogP contribution >= 0.6 is 11.6 Å². The van der Waals surface area contributed by atoms with Crippen molar-refractivity contribution in [2.24, 2.45) is 0 Å². The van der Waals surface area contributed by atoms with Crippen molar-refractivity contribution in [2.45, 2.75) is 39.5 Å². The summed E-state index contributed by atoms with van der Waals surface area (Å²) >= 11 is 6.03. The van der Waals surface area contributed by atoms with Crippen LogP contribution in [0.5, 0.6) is 0 Å². The molecular weight excluding hydrogens is 348 g/mol. The predicted octanol–water partition coefficient (Wildman–Crippen LogP) is 4.51. The molecule has 0 spiro atoms. The molecule has 0 bridgehead atoms. The summed E-state index contributed by atoms with van der Waals surface area (Å²) in [5.74, 6) is -0.119. The second-order valence-electron chi connectivity index (χ2n) is 7.07. The molecule has 1 aliphatic heterocycles. The van der Waals surface area contributed by atoms with E-state index >= 15 is 0 Å². The summed E-state index contributed by atoms with van der Waals surface area (Å²) < 4.78 is 5.77. The normalized spacial score (nSPS) is 20.8. The highest BCUT2D eigenvalue weighted by Gasteiger charge is 2.22. The van der Waals surface area contributed by atoms with Gasteiger partial charge < -0.3 is 10.1 Å². The molecule has 3 rings (SSSR count). The lowest BCUT2D eigenvalue weighted by atomic mass is 10.1. The number of ether oxygens (including phenoxy) is 1. The maximum absolute atomic E-state index is 12.4. The lowest BCUT2D eigenvalue weighted by Crippen LogP contribution is -2.44. The quantitative estimate of drug-likeness (QED) is 0.858. The molecular formula is C21H25ClN2O2. The fourth-order valence-corrected chi connectivity index (χ4v) is 3.48. The first-order valence-electron chi connectivity index (χ1n) is 8.95. The van der Waals surface area contributed by atoms with Gasteiger partial charge in [-0.2, -0.15) is 0 Å². The fourth-order valence-electron chi connectivity index (χ4n) is 3.36. The molecule has 0 aliphatic carbocycles. The summed E-state index contributed by atoms with van der Waals surface area (Å²) in [6.07, 6.45) is 0.512. The highest BCUT2D eigenvalue weighted by molar-refractivity contribution is 6.31. The van der Waals surface area contributed by atoms with Crippen LogP contribution in [-0.4, -0.2) is 36.1 Å². The Morgan fingerprint density at radius 1 is 1.15 bits per heavy atom. The number of anilines is 1. The molecule has 138 valence electrons. The van der Waals surface area contributed by atoms with Crippen molar-refractivity contribution in [3.8, 4) is 0 Å². The lowest BCUT2D eigenvalue weighted by Gasteiger charge is -2.35. The summed E-state index contributed by atoms with van der Waals surface area (Å²) in [6, 6.07) is 13.3. The Kier molecular flexibility index (Phi) is 5.97. The maximum Gasteiger partial charge on any atom is 0.255 e. The molecule has 4 nitrogen and oxygen atoms in total. The topological polar surface area (TPSA) is 41.6 Å². The summed E-state index contributed by atoms with van der Waals surface area (Å²) in [6.45, 7) is 8.87. The zero-order chi connectivity index (χ0) is 18.7. The summed E-state index contributed by atoms with van der Waals surface area (Å²) in [4.78, 5) is 14.8. The summed E-state index contributed by atoms with van der Waals surface area (Å²) in [7, 11) is 0. The minimum absolute atomic E-state index is 0.119. The highest BCUT2D eigenvalue weighted by Crippen LogP contribution is 2.20. The Hall–Kier alpha value is -1.88. The van der Waals surface area contributed by atoms with E-state index in [2.05, 4.69) is 24.1 Å². The zero-order valence-corrected chi connectivity index (χ0v) is 16.2. The number of carbonyl (C=O) groups excluding carboxylic acids is 1. The van der Waals surface area contributed by atoms with Gasteiger partial charge in [-0.25, -0.2) is 0 Å². The number of benzene rings is 2. The average molecular weight is 373 g/mol. The predicted molar refractivity (Wildman–Crippen MR) is 106 cm³/mol. The van der Waals surface area contributed by atoms with Gasteiger partial charge in [0.15, 0.2) is 0 Å². The van der Waals surface area contributed by atoms with E-state index in [1.807, 2.05) is 43.3 Å². The molecule has 1 heterocycles. The van der Waals surface area contributed by atoms with Crippen molar-refractivity contribution in [3.63, 3.8) is 0 Å². The fraction of sp³-hybridized carbons (Fsp3) is 0.381. The van der Waals surface area contributed by atoms with E-state index in [-0.39, 0.29) is 18.1 Å². The van der Waals surface area contributed by atoms with E-state index in [1.165, 1.54) is 5.56 Å². The molecule has 2 aromatic carbocycles. The Bertz CT molecular complexity index is 766. The van der Waals surface area contributed by atoms with Gasteiger partial charge in [0.2, 0.25) is 0 Å². The van der Waals surface area contributed by atoms with Crippen molar-refractivity contribution >= 4 is 23.2 Å². The van der Waals surface area contributed by atoms with Gasteiger partial charge in [0, 0.05) is 35.9 Å². The lowest BCUT2D eigenvalue weighted by molar-refractivity contribution is -0.0704. The third-order valence-corrected chi connectivity index (χ3v) is 4.96. The van der Waals surface area contributed by atoms with Crippen LogP contribution < -0.4 is 5.32 Å². The minimum Gasteiger partial charge on any atom is -0.373 e. The standard InChI is InChI=1S/C21H25ClN2O2/c1-14-10-19(8-9-20(14)22)23-21(25)18-6-4-17(5-7-18)13-24-11-15(2)26-16(3)12-24/h4-10,15-16H,11-13H2,1-3H3,(H,23,25)/t15-,16-/m1/s1. The monoisotopic (exact) mass is 372 g/mol. The third kappa shape index (κ3) is 4.85. The number of morpholine rings is 1. The van der Waals surface area contributed by atoms with Crippen molar-refractivity contribution in [3.05, 3.63) is 64.2 Å². The van der Waals surface area contributed by atoms with Crippen LogP contribution in [0.2, 0.25) is 5.02 Å². The number of nitrogens with one attached hydrogen (secondary N) is 1. The van der Waals surface area contributed by atoms with Crippen molar-refractivity contribution in [1.29, 1.82) is 0 Å². The summed E-state index contributed by atoms with van der Waals surface area (Å²) in [5, 5.41) is 3.61. The highest BCUT2D eigenvalue weighted by atomic mass is 35.5. The summed E-state index contributed by atoms with van der Waals surface area (Å²) in [5.41, 5.74) is 3.53. The first kappa shape index (κ1) is 18.9. The van der Waals surface area contributed by atoms with E-state index in [4.69, 9.17) is 16.3 Å². The molecule has 1 aliphatic rings. The van der Waals surface area contributed by atoms with Gasteiger partial charge in [0.25, 0.3) is 5.91 Å². The van der Waals surface area contributed by atoms with Gasteiger partial charge >= 0.3 is 0 Å². The molecule has 1 amide bonds. The molecule has 0 unspecified atom stereocenters. The van der Waals surface area contributed by atoms with Crippen LogP contribution in [0, 0.1) is 6.92 Å². The van der Waals surface area contributed by atoms with E-state index in [1.54, 1.807) is 6.07 Å². The van der Waals surface area contributed by atoms with Crippen LogP contribution in [0.15, 0.2) is 42.5 Å². The number of amides is 1. The Labute approximate surface area is 160 Å². The maximum atomic E-state index is 12.4. The number of hydrogen-bond acceptors (Lipinski definition) is 3. The third-order valence-electron chi connectivity index (χ3n) is 4.53. The van der Waals surface area contributed by atoms with Gasteiger partial charge in [-0.05, 0) is 62.2 Å². The number of halogens is 1. The van der Waals surface area contributed by atoms with Crippen molar-refractivity contribution < 1.29 is 9.53 Å². The van der Waals surface area contributed by atoms with Crippen LogP contribution in [-0.2, 0) is 11.3 Å². The molecule has 5 heteroatoms. The zero-order valence-electron chi connectivity index (χ0n) is 15.5. The molecule has 1 saturated heterocycles. The first-order chi connectivity index (χ1) is 12.4. The molecule has 2 atom stereocenters. The minimum atomic E-state index is -0.119. The van der Waals surface area contributed by atoms with Crippen molar-refractivity contribution in [2.75, 3.05) is 18.4 Å².